The number of fused-ring (bicyclic) bond motifs is 2. The van der Waals surface area contributed by atoms with E-state index in [0.29, 0.717) is 44.6 Å². The molecule has 0 aliphatic heterocycles. The maximum atomic E-state index is 14.2. The van der Waals surface area contributed by atoms with Crippen LogP contribution in [0.4, 0.5) is 13.2 Å². The lowest BCUT2D eigenvalue weighted by Gasteiger charge is -2.31. The molecule has 0 N–H and O–H groups in total. The van der Waals surface area contributed by atoms with Gasteiger partial charge in [0.15, 0.2) is 0 Å². The Morgan fingerprint density at radius 1 is 1.04 bits per heavy atom. The second-order valence-corrected chi connectivity index (χ2v) is 20.9. The van der Waals surface area contributed by atoms with Crippen molar-refractivity contribution in [2.75, 3.05) is 13.7 Å². The third kappa shape index (κ3) is 7.01. The Bertz CT molecular complexity index is 2210. The van der Waals surface area contributed by atoms with E-state index in [1.165, 1.54) is 18.3 Å². The van der Waals surface area contributed by atoms with Crippen LogP contribution in [0.15, 0.2) is 65.7 Å². The standard InChI is InChI=1S/C35H38F3N5O4SSi/c1-22-8-11-26(12-9-22)48(45,46)43-15-14-27-30(23(2)18-24(3)31(27)43)32(41(4)34(44)35(36,37)38)33-40-28-13-10-25(20-39)19-29(28)42(33)21-47-16-17-49(5,6)7/h8-15,18-19,32H,16-17,21H2,1-7H3. The summed E-state index contributed by atoms with van der Waals surface area (Å²) >= 11 is 0. The second-order valence-electron chi connectivity index (χ2n) is 13.5. The molecule has 0 spiro atoms. The molecule has 0 saturated carbocycles. The van der Waals surface area contributed by atoms with Gasteiger partial charge in [0.1, 0.15) is 18.6 Å². The van der Waals surface area contributed by atoms with Gasteiger partial charge >= 0.3 is 12.1 Å². The molecule has 9 nitrogen and oxygen atoms in total. The lowest BCUT2D eigenvalue weighted by Crippen LogP contribution is -2.42. The van der Waals surface area contributed by atoms with Gasteiger partial charge in [0.25, 0.3) is 10.0 Å². The Morgan fingerprint density at radius 3 is 2.33 bits per heavy atom. The maximum Gasteiger partial charge on any atom is 0.471 e. The quantitative estimate of drug-likeness (QED) is 0.110. The average molecular weight is 710 g/mol. The molecule has 5 rings (SSSR count). The first-order chi connectivity index (χ1) is 22.8. The van der Waals surface area contributed by atoms with E-state index in [1.807, 2.05) is 6.92 Å². The van der Waals surface area contributed by atoms with Crippen LogP contribution >= 0.6 is 0 Å². The normalized spacial score (nSPS) is 13.2. The van der Waals surface area contributed by atoms with E-state index in [-0.39, 0.29) is 28.5 Å². The highest BCUT2D eigenvalue weighted by Gasteiger charge is 2.45. The molecule has 14 heteroatoms. The molecule has 49 heavy (non-hydrogen) atoms. The third-order valence-electron chi connectivity index (χ3n) is 8.54. The van der Waals surface area contributed by atoms with Crippen molar-refractivity contribution in [3.05, 3.63) is 94.4 Å². The lowest BCUT2D eigenvalue weighted by atomic mass is 9.93. The summed E-state index contributed by atoms with van der Waals surface area (Å²) in [5.41, 5.74) is 3.66. The van der Waals surface area contributed by atoms with Crippen molar-refractivity contribution >= 4 is 45.9 Å². The van der Waals surface area contributed by atoms with Crippen LogP contribution in [-0.4, -0.2) is 60.7 Å². The zero-order chi connectivity index (χ0) is 36.1. The van der Waals surface area contributed by atoms with Crippen LogP contribution in [0.1, 0.15) is 39.7 Å². The van der Waals surface area contributed by atoms with Crippen LogP contribution in [0, 0.1) is 32.1 Å². The van der Waals surface area contributed by atoms with Gasteiger partial charge in [0, 0.05) is 33.3 Å². The summed E-state index contributed by atoms with van der Waals surface area (Å²) in [6, 6.07) is 15.8. The van der Waals surface area contributed by atoms with Gasteiger partial charge in [-0.05, 0) is 79.9 Å². The number of hydrogen-bond acceptors (Lipinski definition) is 6. The highest BCUT2D eigenvalue weighted by Crippen LogP contribution is 2.40. The zero-order valence-corrected chi connectivity index (χ0v) is 30.2. The fourth-order valence-electron chi connectivity index (χ4n) is 5.99. The average Bonchev–Trinajstić information content (AvgIpc) is 3.62. The minimum absolute atomic E-state index is 0.0450. The first kappa shape index (κ1) is 35.8. The molecular weight excluding hydrogens is 672 g/mol. The molecule has 0 saturated heterocycles. The molecule has 0 bridgehead atoms. The van der Waals surface area contributed by atoms with Crippen LogP contribution in [0.5, 0.6) is 0 Å². The summed E-state index contributed by atoms with van der Waals surface area (Å²) in [6.45, 7) is 12.1. The van der Waals surface area contributed by atoms with E-state index in [0.717, 1.165) is 22.6 Å². The molecule has 2 aromatic heterocycles. The number of benzene rings is 3. The van der Waals surface area contributed by atoms with Gasteiger partial charge in [0.2, 0.25) is 0 Å². The summed E-state index contributed by atoms with van der Waals surface area (Å²) in [4.78, 5) is 18.4. The van der Waals surface area contributed by atoms with Crippen molar-refractivity contribution in [3.8, 4) is 6.07 Å². The number of rotatable bonds is 10. The Kier molecular flexibility index (Phi) is 9.59. The number of imidazole rings is 1. The summed E-state index contributed by atoms with van der Waals surface area (Å²) in [7, 11) is -4.56. The van der Waals surface area contributed by atoms with E-state index >= 15 is 0 Å². The van der Waals surface area contributed by atoms with Gasteiger partial charge in [-0.15, -0.1) is 0 Å². The number of amides is 1. The van der Waals surface area contributed by atoms with Gasteiger partial charge in [-0.25, -0.2) is 17.4 Å². The Balaban J connectivity index is 1.79. The van der Waals surface area contributed by atoms with E-state index < -0.39 is 36.2 Å². The van der Waals surface area contributed by atoms with E-state index in [1.54, 1.807) is 60.9 Å². The first-order valence-corrected chi connectivity index (χ1v) is 20.8. The molecule has 2 heterocycles. The van der Waals surface area contributed by atoms with Gasteiger partial charge in [-0.3, -0.25) is 4.79 Å². The number of aryl methyl sites for hydroxylation is 3. The summed E-state index contributed by atoms with van der Waals surface area (Å²) in [5, 5.41) is 9.99. The molecule has 5 aromatic rings. The fourth-order valence-corrected chi connectivity index (χ4v) is 8.16. The van der Waals surface area contributed by atoms with Crippen molar-refractivity contribution in [3.63, 3.8) is 0 Å². The van der Waals surface area contributed by atoms with Crippen molar-refractivity contribution in [1.29, 1.82) is 5.26 Å². The molecule has 0 aliphatic rings. The summed E-state index contributed by atoms with van der Waals surface area (Å²) in [6.07, 6.45) is -3.84. The third-order valence-corrected chi connectivity index (χ3v) is 11.9. The Labute approximate surface area is 284 Å². The predicted octanol–water partition coefficient (Wildman–Crippen LogP) is 7.45. The SMILES string of the molecule is Cc1ccc(S(=O)(=O)n2ccc3c(C(c4nc5ccc(C#N)cc5n4COCC[Si](C)(C)C)N(C)C(=O)C(F)(F)F)c(C)cc(C)c32)cc1. The number of alkyl halides is 3. The number of aromatic nitrogens is 3. The van der Waals surface area contributed by atoms with Crippen molar-refractivity contribution in [2.45, 2.75) is 70.3 Å². The van der Waals surface area contributed by atoms with Crippen LogP contribution in [-0.2, 0) is 26.3 Å². The van der Waals surface area contributed by atoms with Gasteiger partial charge in [-0.1, -0.05) is 43.4 Å². The van der Waals surface area contributed by atoms with Crippen molar-refractivity contribution in [2.24, 2.45) is 0 Å². The first-order valence-electron chi connectivity index (χ1n) is 15.6. The molecule has 1 unspecified atom stereocenters. The number of halogens is 3. The number of carbonyl (C=O) groups excluding carboxylic acids is 1. The number of carbonyl (C=O) groups is 1. The van der Waals surface area contributed by atoms with Crippen molar-refractivity contribution in [1.82, 2.24) is 18.4 Å². The van der Waals surface area contributed by atoms with Gasteiger partial charge < -0.3 is 14.2 Å². The molecule has 1 amide bonds. The molecule has 3 aromatic carbocycles. The molecular formula is C35H38F3N5O4SSi. The second kappa shape index (κ2) is 13.1. The van der Waals surface area contributed by atoms with Gasteiger partial charge in [-0.2, -0.15) is 18.4 Å². The monoisotopic (exact) mass is 709 g/mol. The molecule has 0 aliphatic carbocycles. The Morgan fingerprint density at radius 2 is 1.71 bits per heavy atom. The highest BCUT2D eigenvalue weighted by atomic mass is 32.2. The van der Waals surface area contributed by atoms with Crippen LogP contribution in [0.3, 0.4) is 0 Å². The largest absolute Gasteiger partial charge is 0.471 e. The number of nitrogens with zero attached hydrogens (tertiary/aromatic N) is 5. The molecule has 1 atom stereocenters. The van der Waals surface area contributed by atoms with Crippen LogP contribution in [0.25, 0.3) is 21.9 Å². The number of nitriles is 1. The summed E-state index contributed by atoms with van der Waals surface area (Å²) in [5.74, 6) is -2.03. The topological polar surface area (TPSA) is 110 Å². The van der Waals surface area contributed by atoms with Crippen LogP contribution in [0.2, 0.25) is 25.7 Å². The minimum Gasteiger partial charge on any atom is -0.361 e. The van der Waals surface area contributed by atoms with Crippen molar-refractivity contribution < 1.29 is 31.1 Å². The zero-order valence-electron chi connectivity index (χ0n) is 28.4. The minimum atomic E-state index is -5.22. The van der Waals surface area contributed by atoms with E-state index in [2.05, 4.69) is 25.7 Å². The predicted molar refractivity (Wildman–Crippen MR) is 184 cm³/mol. The molecule has 0 radical (unpaired) electrons. The van der Waals surface area contributed by atoms with E-state index in [9.17, 15) is 31.6 Å². The lowest BCUT2D eigenvalue weighted by molar-refractivity contribution is -0.185. The van der Waals surface area contributed by atoms with Gasteiger partial charge in [0.05, 0.1) is 33.1 Å². The molecule has 258 valence electrons. The maximum absolute atomic E-state index is 14.2. The molecule has 0 fully saturated rings. The smallest absolute Gasteiger partial charge is 0.361 e. The summed E-state index contributed by atoms with van der Waals surface area (Å²) < 4.78 is 79.1. The number of ether oxygens (including phenoxy) is 1. The number of hydrogen-bond donors (Lipinski definition) is 0. The highest BCUT2D eigenvalue weighted by molar-refractivity contribution is 7.90. The van der Waals surface area contributed by atoms with Crippen LogP contribution < -0.4 is 0 Å². The fraction of sp³-hybridized carbons (Fsp3) is 0.343. The van der Waals surface area contributed by atoms with E-state index in [4.69, 9.17) is 9.72 Å². The Hall–Kier alpha value is -4.45.